The van der Waals surface area contributed by atoms with Crippen molar-refractivity contribution in [3.63, 3.8) is 0 Å². The van der Waals surface area contributed by atoms with Gasteiger partial charge in [-0.1, -0.05) is 19.1 Å². The molecular formula is C16H20O2. The standard InChI is InChI=1S/C16H20O2/c1-11-5-6-13(9-11)16(17)12-3-2-4-15(10-12)18-14-7-8-14/h2-4,10-11,13-14H,5-9H2,1H3. The zero-order valence-corrected chi connectivity index (χ0v) is 10.9. The average molecular weight is 244 g/mol. The second kappa shape index (κ2) is 4.75. The van der Waals surface area contributed by atoms with Crippen molar-refractivity contribution in [2.24, 2.45) is 11.8 Å². The summed E-state index contributed by atoms with van der Waals surface area (Å²) in [5.41, 5.74) is 0.826. The largest absolute Gasteiger partial charge is 0.490 e. The maximum absolute atomic E-state index is 12.4. The van der Waals surface area contributed by atoms with Crippen LogP contribution < -0.4 is 4.74 Å². The number of hydrogen-bond acceptors (Lipinski definition) is 2. The lowest BCUT2D eigenvalue weighted by Gasteiger charge is -2.10. The Morgan fingerprint density at radius 3 is 2.72 bits per heavy atom. The number of ether oxygens (including phenoxy) is 1. The molecule has 0 N–H and O–H groups in total. The van der Waals surface area contributed by atoms with Crippen molar-refractivity contribution in [1.82, 2.24) is 0 Å². The van der Waals surface area contributed by atoms with Gasteiger partial charge in [-0.25, -0.2) is 0 Å². The van der Waals surface area contributed by atoms with E-state index in [0.717, 1.165) is 37.0 Å². The number of ketones is 1. The summed E-state index contributed by atoms with van der Waals surface area (Å²) in [6.07, 6.45) is 5.98. The molecule has 2 heteroatoms. The van der Waals surface area contributed by atoms with E-state index in [-0.39, 0.29) is 5.92 Å². The van der Waals surface area contributed by atoms with Gasteiger partial charge in [-0.2, -0.15) is 0 Å². The lowest BCUT2D eigenvalue weighted by Crippen LogP contribution is -2.11. The van der Waals surface area contributed by atoms with Gasteiger partial charge >= 0.3 is 0 Å². The molecule has 0 saturated heterocycles. The molecule has 0 heterocycles. The quantitative estimate of drug-likeness (QED) is 0.752. The second-order valence-corrected chi connectivity index (χ2v) is 5.82. The number of benzene rings is 1. The number of rotatable bonds is 4. The summed E-state index contributed by atoms with van der Waals surface area (Å²) in [4.78, 5) is 12.4. The zero-order chi connectivity index (χ0) is 12.5. The Labute approximate surface area is 108 Å². The smallest absolute Gasteiger partial charge is 0.166 e. The van der Waals surface area contributed by atoms with E-state index in [1.54, 1.807) is 0 Å². The van der Waals surface area contributed by atoms with E-state index >= 15 is 0 Å². The molecule has 2 unspecified atom stereocenters. The summed E-state index contributed by atoms with van der Waals surface area (Å²) < 4.78 is 5.75. The molecule has 96 valence electrons. The topological polar surface area (TPSA) is 26.3 Å². The third-order valence-electron chi connectivity index (χ3n) is 4.01. The fourth-order valence-corrected chi connectivity index (χ4v) is 2.78. The number of hydrogen-bond donors (Lipinski definition) is 0. The van der Waals surface area contributed by atoms with E-state index in [0.29, 0.717) is 17.8 Å². The molecule has 1 aromatic carbocycles. The second-order valence-electron chi connectivity index (χ2n) is 5.82. The molecule has 3 rings (SSSR count). The van der Waals surface area contributed by atoms with Crippen molar-refractivity contribution in [3.8, 4) is 5.75 Å². The predicted molar refractivity (Wildman–Crippen MR) is 70.9 cm³/mol. The monoisotopic (exact) mass is 244 g/mol. The van der Waals surface area contributed by atoms with Crippen LogP contribution in [-0.2, 0) is 0 Å². The maximum atomic E-state index is 12.4. The lowest BCUT2D eigenvalue weighted by atomic mass is 9.95. The molecule has 0 spiro atoms. The Morgan fingerprint density at radius 2 is 2.06 bits per heavy atom. The van der Waals surface area contributed by atoms with Gasteiger partial charge in [-0.15, -0.1) is 0 Å². The summed E-state index contributed by atoms with van der Waals surface area (Å²) in [6.45, 7) is 2.24. The minimum absolute atomic E-state index is 0.233. The van der Waals surface area contributed by atoms with Crippen molar-refractivity contribution in [3.05, 3.63) is 29.8 Å². The molecule has 2 saturated carbocycles. The lowest BCUT2D eigenvalue weighted by molar-refractivity contribution is 0.0920. The highest BCUT2D eigenvalue weighted by molar-refractivity contribution is 5.98. The van der Waals surface area contributed by atoms with Gasteiger partial charge in [-0.3, -0.25) is 4.79 Å². The average Bonchev–Trinajstić information content (AvgIpc) is 3.08. The van der Waals surface area contributed by atoms with Crippen LogP contribution in [-0.4, -0.2) is 11.9 Å². The summed E-state index contributed by atoms with van der Waals surface area (Å²) in [5, 5.41) is 0. The summed E-state index contributed by atoms with van der Waals surface area (Å²) in [5.74, 6) is 2.09. The molecule has 0 aliphatic heterocycles. The van der Waals surface area contributed by atoms with Gasteiger partial charge in [-0.05, 0) is 50.2 Å². The van der Waals surface area contributed by atoms with Crippen molar-refractivity contribution >= 4 is 5.78 Å². The van der Waals surface area contributed by atoms with Gasteiger partial charge in [0.2, 0.25) is 0 Å². The zero-order valence-electron chi connectivity index (χ0n) is 10.9. The van der Waals surface area contributed by atoms with Crippen molar-refractivity contribution < 1.29 is 9.53 Å². The third kappa shape index (κ3) is 2.58. The first-order valence-electron chi connectivity index (χ1n) is 7.03. The summed E-state index contributed by atoms with van der Waals surface area (Å²) >= 11 is 0. The fraction of sp³-hybridized carbons (Fsp3) is 0.562. The Bertz CT molecular complexity index is 448. The van der Waals surface area contributed by atoms with Crippen LogP contribution >= 0.6 is 0 Å². The van der Waals surface area contributed by atoms with Crippen LogP contribution in [0.1, 0.15) is 49.4 Å². The number of carbonyl (C=O) groups excluding carboxylic acids is 1. The number of carbonyl (C=O) groups is 1. The van der Waals surface area contributed by atoms with Crippen molar-refractivity contribution in [1.29, 1.82) is 0 Å². The van der Waals surface area contributed by atoms with E-state index < -0.39 is 0 Å². The van der Waals surface area contributed by atoms with Gasteiger partial charge in [0, 0.05) is 11.5 Å². The van der Waals surface area contributed by atoms with Crippen LogP contribution in [0.2, 0.25) is 0 Å². The summed E-state index contributed by atoms with van der Waals surface area (Å²) in [7, 11) is 0. The Hall–Kier alpha value is -1.31. The molecule has 1 aromatic rings. The molecule has 0 bridgehead atoms. The molecular weight excluding hydrogens is 224 g/mol. The van der Waals surface area contributed by atoms with Crippen LogP contribution in [0.15, 0.2) is 24.3 Å². The first-order chi connectivity index (χ1) is 8.72. The fourth-order valence-electron chi connectivity index (χ4n) is 2.78. The molecule has 0 aromatic heterocycles. The van der Waals surface area contributed by atoms with Gasteiger partial charge in [0.05, 0.1) is 6.10 Å². The summed E-state index contributed by atoms with van der Waals surface area (Å²) in [6, 6.07) is 7.73. The highest BCUT2D eigenvalue weighted by Gasteiger charge is 2.28. The Kier molecular flexibility index (Phi) is 3.11. The van der Waals surface area contributed by atoms with Crippen LogP contribution in [0.4, 0.5) is 0 Å². The van der Waals surface area contributed by atoms with E-state index in [1.807, 2.05) is 24.3 Å². The van der Waals surface area contributed by atoms with Gasteiger partial charge in [0.15, 0.2) is 5.78 Å². The minimum Gasteiger partial charge on any atom is -0.490 e. The molecule has 2 aliphatic carbocycles. The molecule has 2 atom stereocenters. The third-order valence-corrected chi connectivity index (χ3v) is 4.01. The first kappa shape index (κ1) is 11.8. The van der Waals surface area contributed by atoms with E-state index in [1.165, 1.54) is 6.42 Å². The van der Waals surface area contributed by atoms with Gasteiger partial charge in [0.25, 0.3) is 0 Å². The first-order valence-corrected chi connectivity index (χ1v) is 7.03. The van der Waals surface area contributed by atoms with E-state index in [4.69, 9.17) is 4.74 Å². The molecule has 0 amide bonds. The van der Waals surface area contributed by atoms with Gasteiger partial charge < -0.3 is 4.74 Å². The Morgan fingerprint density at radius 1 is 1.22 bits per heavy atom. The van der Waals surface area contributed by atoms with E-state index in [2.05, 4.69) is 6.92 Å². The van der Waals surface area contributed by atoms with Crippen molar-refractivity contribution in [2.75, 3.05) is 0 Å². The number of Topliss-reactive ketones (excluding diaryl/α,β-unsaturated/α-hetero) is 1. The molecule has 18 heavy (non-hydrogen) atoms. The van der Waals surface area contributed by atoms with Crippen LogP contribution in [0.3, 0.4) is 0 Å². The van der Waals surface area contributed by atoms with Gasteiger partial charge in [0.1, 0.15) is 5.75 Å². The highest BCUT2D eigenvalue weighted by atomic mass is 16.5. The van der Waals surface area contributed by atoms with Crippen LogP contribution in [0.25, 0.3) is 0 Å². The molecule has 2 nitrogen and oxygen atoms in total. The minimum atomic E-state index is 0.233. The molecule has 0 radical (unpaired) electrons. The molecule has 2 aliphatic rings. The van der Waals surface area contributed by atoms with Crippen LogP contribution in [0, 0.1) is 11.8 Å². The normalized spacial score (nSPS) is 27.2. The van der Waals surface area contributed by atoms with Crippen LogP contribution in [0.5, 0.6) is 5.75 Å². The molecule has 2 fully saturated rings. The Balaban J connectivity index is 1.72. The van der Waals surface area contributed by atoms with E-state index in [9.17, 15) is 4.79 Å². The highest BCUT2D eigenvalue weighted by Crippen LogP contribution is 2.33. The maximum Gasteiger partial charge on any atom is 0.166 e. The van der Waals surface area contributed by atoms with Crippen molar-refractivity contribution in [2.45, 2.75) is 45.1 Å². The SMILES string of the molecule is CC1CCC(C(=O)c2cccc(OC3CC3)c2)C1. The predicted octanol–water partition coefficient (Wildman–Crippen LogP) is 3.85.